The van der Waals surface area contributed by atoms with Crippen LogP contribution in [0, 0.1) is 0 Å². The van der Waals surface area contributed by atoms with E-state index in [0.29, 0.717) is 12.0 Å². The number of nitrogens with zero attached hydrogens (tertiary/aromatic N) is 1. The van der Waals surface area contributed by atoms with E-state index in [1.807, 2.05) is 0 Å². The Labute approximate surface area is 46.2 Å². The fraction of sp³-hybridized carbons (Fsp3) is 0. The molecular weight excluding hydrogens is 106 g/mol. The minimum atomic E-state index is 0.556. The van der Waals surface area contributed by atoms with Gasteiger partial charge in [0.05, 0.1) is 0 Å². The van der Waals surface area contributed by atoms with E-state index in [4.69, 9.17) is 0 Å². The second-order valence-corrected chi connectivity index (χ2v) is 1.23. The van der Waals surface area contributed by atoms with E-state index >= 15 is 0 Å². The van der Waals surface area contributed by atoms with Crippen molar-refractivity contribution in [2.45, 2.75) is 0 Å². The molecular formula is C5H4NO2-. The average Bonchev–Trinajstić information content (AvgIpc) is 2.19. The van der Waals surface area contributed by atoms with Gasteiger partial charge in [-0.15, -0.1) is 6.26 Å². The molecule has 0 amide bonds. The third kappa shape index (κ3) is 0.872. The van der Waals surface area contributed by atoms with Crippen molar-refractivity contribution in [1.29, 1.82) is 0 Å². The van der Waals surface area contributed by atoms with Crippen LogP contribution in [0.3, 0.4) is 0 Å². The first-order valence-electron chi connectivity index (χ1n) is 2.12. The van der Waals surface area contributed by atoms with Crippen LogP contribution < -0.4 is 5.11 Å². The summed E-state index contributed by atoms with van der Waals surface area (Å²) in [7, 11) is 0. The van der Waals surface area contributed by atoms with Crippen molar-refractivity contribution in [3.05, 3.63) is 24.3 Å². The number of rotatable bonds is 1. The van der Waals surface area contributed by atoms with Crippen molar-refractivity contribution in [1.82, 2.24) is 5.16 Å². The molecule has 0 saturated heterocycles. The Balaban J connectivity index is 2.77. The van der Waals surface area contributed by atoms with Crippen LogP contribution in [-0.4, -0.2) is 5.16 Å². The summed E-state index contributed by atoms with van der Waals surface area (Å²) in [5.74, 6) is 0. The number of hydrogen-bond acceptors (Lipinski definition) is 3. The summed E-state index contributed by atoms with van der Waals surface area (Å²) >= 11 is 0. The summed E-state index contributed by atoms with van der Waals surface area (Å²) in [6.07, 6.45) is 3.40. The predicted molar refractivity (Wildman–Crippen MR) is 25.5 cm³/mol. The monoisotopic (exact) mass is 110 g/mol. The summed E-state index contributed by atoms with van der Waals surface area (Å²) < 4.78 is 4.43. The van der Waals surface area contributed by atoms with E-state index in [2.05, 4.69) is 9.68 Å². The number of aromatic nitrogens is 1. The zero-order chi connectivity index (χ0) is 5.82. The van der Waals surface area contributed by atoms with E-state index in [0.717, 1.165) is 0 Å². The summed E-state index contributed by atoms with van der Waals surface area (Å²) in [6, 6.07) is 1.61. The highest BCUT2D eigenvalue weighted by atomic mass is 16.5. The van der Waals surface area contributed by atoms with Crippen LogP contribution in [0.15, 0.2) is 23.1 Å². The summed E-state index contributed by atoms with van der Waals surface area (Å²) in [6.45, 7) is 0. The van der Waals surface area contributed by atoms with E-state index < -0.39 is 0 Å². The zero-order valence-electron chi connectivity index (χ0n) is 4.07. The molecule has 0 aliphatic rings. The molecule has 0 saturated carbocycles. The molecule has 0 radical (unpaired) electrons. The van der Waals surface area contributed by atoms with Gasteiger partial charge in [-0.1, -0.05) is 5.16 Å². The zero-order valence-corrected chi connectivity index (χ0v) is 4.07. The predicted octanol–water partition coefficient (Wildman–Crippen LogP) is 0.00560. The van der Waals surface area contributed by atoms with E-state index in [1.54, 1.807) is 6.07 Å². The molecule has 0 spiro atoms. The van der Waals surface area contributed by atoms with Crippen LogP contribution >= 0.6 is 0 Å². The van der Waals surface area contributed by atoms with Gasteiger partial charge in [-0.25, -0.2) is 0 Å². The van der Waals surface area contributed by atoms with E-state index in [-0.39, 0.29) is 0 Å². The largest absolute Gasteiger partial charge is 0.878 e. The van der Waals surface area contributed by atoms with Gasteiger partial charge in [0.15, 0.2) is 0 Å². The van der Waals surface area contributed by atoms with Crippen molar-refractivity contribution in [2.75, 3.05) is 0 Å². The lowest BCUT2D eigenvalue weighted by molar-refractivity contribution is -0.273. The van der Waals surface area contributed by atoms with Gasteiger partial charge < -0.3 is 9.63 Å². The van der Waals surface area contributed by atoms with Crippen molar-refractivity contribution in [3.63, 3.8) is 0 Å². The van der Waals surface area contributed by atoms with Crippen molar-refractivity contribution < 1.29 is 9.63 Å². The quantitative estimate of drug-likeness (QED) is 0.478. The lowest BCUT2D eigenvalue weighted by Gasteiger charge is -1.82. The van der Waals surface area contributed by atoms with Crippen LogP contribution in [0.25, 0.3) is 6.08 Å². The van der Waals surface area contributed by atoms with Gasteiger partial charge in [-0.05, 0) is 6.08 Å². The first kappa shape index (κ1) is 4.90. The first-order valence-corrected chi connectivity index (χ1v) is 2.12. The maximum Gasteiger partial charge on any atom is 0.124 e. The molecule has 0 atom stereocenters. The van der Waals surface area contributed by atoms with Crippen molar-refractivity contribution in [2.24, 2.45) is 0 Å². The molecule has 0 fully saturated rings. The van der Waals surface area contributed by atoms with Gasteiger partial charge in [-0.2, -0.15) is 0 Å². The van der Waals surface area contributed by atoms with Crippen LogP contribution in [0.4, 0.5) is 0 Å². The standard InChI is InChI=1S/C5H5NO2/c7-3-1-5-2-4-8-6-5/h1-4,7H/p-1/b3-1+. The lowest BCUT2D eigenvalue weighted by Crippen LogP contribution is -1.83. The second kappa shape index (κ2) is 2.16. The normalized spacial score (nSPS) is 10.5. The Bertz CT molecular complexity index is 167. The molecule has 0 aliphatic carbocycles. The van der Waals surface area contributed by atoms with Crippen molar-refractivity contribution >= 4 is 6.08 Å². The second-order valence-electron chi connectivity index (χ2n) is 1.23. The third-order valence-electron chi connectivity index (χ3n) is 0.697. The van der Waals surface area contributed by atoms with E-state index in [1.165, 1.54) is 12.3 Å². The Hall–Kier alpha value is -1.25. The molecule has 42 valence electrons. The topological polar surface area (TPSA) is 49.1 Å². The molecule has 3 nitrogen and oxygen atoms in total. The fourth-order valence-electron chi connectivity index (χ4n) is 0.378. The van der Waals surface area contributed by atoms with Gasteiger partial charge in [0.2, 0.25) is 0 Å². The van der Waals surface area contributed by atoms with Crippen LogP contribution in [0.5, 0.6) is 0 Å². The molecule has 0 N–H and O–H groups in total. The Morgan fingerprint density at radius 2 is 2.62 bits per heavy atom. The van der Waals surface area contributed by atoms with Gasteiger partial charge in [-0.3, -0.25) is 0 Å². The maximum absolute atomic E-state index is 9.74. The molecule has 1 rings (SSSR count). The smallest absolute Gasteiger partial charge is 0.124 e. The molecule has 1 aromatic heterocycles. The van der Waals surface area contributed by atoms with Crippen LogP contribution in [0.1, 0.15) is 5.69 Å². The molecule has 0 bridgehead atoms. The Morgan fingerprint density at radius 3 is 3.12 bits per heavy atom. The summed E-state index contributed by atoms with van der Waals surface area (Å²) in [4.78, 5) is 0. The lowest BCUT2D eigenvalue weighted by atomic mass is 10.4. The molecule has 0 aliphatic heterocycles. The summed E-state index contributed by atoms with van der Waals surface area (Å²) in [5.41, 5.74) is 0.556. The third-order valence-corrected chi connectivity index (χ3v) is 0.697. The SMILES string of the molecule is [O-]/C=C/c1ccon1. The highest BCUT2D eigenvalue weighted by Crippen LogP contribution is 1.93. The summed E-state index contributed by atoms with van der Waals surface area (Å²) in [5, 5.41) is 13.2. The molecule has 0 aromatic carbocycles. The first-order chi connectivity index (χ1) is 3.93. The Morgan fingerprint density at radius 1 is 1.75 bits per heavy atom. The van der Waals surface area contributed by atoms with Crippen molar-refractivity contribution in [3.8, 4) is 0 Å². The average molecular weight is 110 g/mol. The van der Waals surface area contributed by atoms with Gasteiger partial charge in [0.25, 0.3) is 0 Å². The Kier molecular flexibility index (Phi) is 1.32. The highest BCUT2D eigenvalue weighted by molar-refractivity contribution is 5.40. The van der Waals surface area contributed by atoms with Gasteiger partial charge >= 0.3 is 0 Å². The number of hydrogen-bond donors (Lipinski definition) is 0. The van der Waals surface area contributed by atoms with Crippen LogP contribution in [0.2, 0.25) is 0 Å². The molecule has 0 unspecified atom stereocenters. The minimum absolute atomic E-state index is 0.556. The van der Waals surface area contributed by atoms with Gasteiger partial charge in [0.1, 0.15) is 12.0 Å². The van der Waals surface area contributed by atoms with Crippen LogP contribution in [-0.2, 0) is 0 Å². The molecule has 8 heavy (non-hydrogen) atoms. The minimum Gasteiger partial charge on any atom is -0.878 e. The van der Waals surface area contributed by atoms with Gasteiger partial charge in [0, 0.05) is 6.07 Å². The van der Waals surface area contributed by atoms with E-state index in [9.17, 15) is 5.11 Å². The fourth-order valence-corrected chi connectivity index (χ4v) is 0.378. The molecule has 1 heterocycles. The molecule has 3 heteroatoms. The maximum atomic E-state index is 9.74. The highest BCUT2D eigenvalue weighted by Gasteiger charge is 1.82. The molecule has 1 aromatic rings.